The van der Waals surface area contributed by atoms with Gasteiger partial charge in [-0.3, -0.25) is 4.79 Å². The van der Waals surface area contributed by atoms with Gasteiger partial charge >= 0.3 is 5.97 Å². The number of likely N-dealkylation sites (N-methyl/N-ethyl adjacent to an activating group) is 1. The lowest BCUT2D eigenvalue weighted by Gasteiger charge is -2.19. The van der Waals surface area contributed by atoms with Gasteiger partial charge in [-0.05, 0) is 18.0 Å². The predicted molar refractivity (Wildman–Crippen MR) is 75.8 cm³/mol. The van der Waals surface area contributed by atoms with Gasteiger partial charge in [-0.1, -0.05) is 51.1 Å². The Hall–Kier alpha value is -1.06. The highest BCUT2D eigenvalue weighted by molar-refractivity contribution is 5.85. The maximum atomic E-state index is 11.9. The zero-order valence-corrected chi connectivity index (χ0v) is 12.0. The molecule has 4 heteroatoms. The molecule has 1 N–H and O–H groups in total. The highest BCUT2D eigenvalue weighted by Crippen LogP contribution is 2.07. The fraction of sp³-hybridized carbons (Fsp3) is 0.500. The molecule has 0 aliphatic heterocycles. The van der Waals surface area contributed by atoms with E-state index < -0.39 is 0 Å². The van der Waals surface area contributed by atoms with Gasteiger partial charge in [0, 0.05) is 0 Å². The fourth-order valence-corrected chi connectivity index (χ4v) is 1.63. The SMILES string of the molecule is CCN[C@H](C(=O)OCc1ccccc1)C(C)C.Cl. The van der Waals surface area contributed by atoms with Crippen molar-refractivity contribution in [3.05, 3.63) is 35.9 Å². The van der Waals surface area contributed by atoms with Gasteiger partial charge in [0.05, 0.1) is 0 Å². The monoisotopic (exact) mass is 271 g/mol. The second kappa shape index (κ2) is 8.95. The summed E-state index contributed by atoms with van der Waals surface area (Å²) in [5.41, 5.74) is 1.01. The molecule has 0 aliphatic rings. The van der Waals surface area contributed by atoms with Crippen LogP contribution in [-0.4, -0.2) is 18.6 Å². The third kappa shape index (κ3) is 5.52. The van der Waals surface area contributed by atoms with Crippen molar-refractivity contribution in [2.24, 2.45) is 5.92 Å². The lowest BCUT2D eigenvalue weighted by atomic mass is 10.0. The molecule has 0 saturated carbocycles. The van der Waals surface area contributed by atoms with E-state index in [9.17, 15) is 4.79 Å². The molecule has 0 fully saturated rings. The number of esters is 1. The molecule has 1 aromatic rings. The van der Waals surface area contributed by atoms with Gasteiger partial charge in [0.15, 0.2) is 0 Å². The van der Waals surface area contributed by atoms with Crippen LogP contribution in [0.4, 0.5) is 0 Å². The van der Waals surface area contributed by atoms with E-state index >= 15 is 0 Å². The third-order valence-corrected chi connectivity index (χ3v) is 2.57. The predicted octanol–water partition coefficient (Wildman–Crippen LogP) is 2.79. The minimum absolute atomic E-state index is 0. The first-order valence-electron chi connectivity index (χ1n) is 6.09. The van der Waals surface area contributed by atoms with E-state index in [1.54, 1.807) is 0 Å². The Labute approximate surface area is 115 Å². The number of hydrogen-bond donors (Lipinski definition) is 1. The summed E-state index contributed by atoms with van der Waals surface area (Å²) in [5, 5.41) is 3.14. The molecule has 1 rings (SSSR count). The normalized spacial score (nSPS) is 11.8. The molecule has 18 heavy (non-hydrogen) atoms. The Kier molecular flexibility index (Phi) is 8.42. The van der Waals surface area contributed by atoms with Crippen LogP contribution in [-0.2, 0) is 16.1 Å². The highest BCUT2D eigenvalue weighted by Gasteiger charge is 2.22. The van der Waals surface area contributed by atoms with Crippen LogP contribution in [0.2, 0.25) is 0 Å². The second-order valence-electron chi connectivity index (χ2n) is 4.37. The van der Waals surface area contributed by atoms with Gasteiger partial charge in [0.25, 0.3) is 0 Å². The van der Waals surface area contributed by atoms with E-state index in [0.717, 1.165) is 12.1 Å². The molecule has 0 saturated heterocycles. The molecular weight excluding hydrogens is 250 g/mol. The lowest BCUT2D eigenvalue weighted by Crippen LogP contribution is -2.41. The number of carbonyl (C=O) groups excluding carboxylic acids is 1. The summed E-state index contributed by atoms with van der Waals surface area (Å²) >= 11 is 0. The number of hydrogen-bond acceptors (Lipinski definition) is 3. The van der Waals surface area contributed by atoms with Gasteiger partial charge in [-0.2, -0.15) is 0 Å². The van der Waals surface area contributed by atoms with Crippen molar-refractivity contribution >= 4 is 18.4 Å². The minimum atomic E-state index is -0.219. The number of nitrogens with one attached hydrogen (secondary N) is 1. The minimum Gasteiger partial charge on any atom is -0.460 e. The summed E-state index contributed by atoms with van der Waals surface area (Å²) in [6.45, 7) is 7.12. The molecule has 0 aromatic heterocycles. The van der Waals surface area contributed by atoms with Crippen molar-refractivity contribution in [1.82, 2.24) is 5.32 Å². The van der Waals surface area contributed by atoms with Crippen molar-refractivity contribution in [2.75, 3.05) is 6.54 Å². The third-order valence-electron chi connectivity index (χ3n) is 2.57. The molecule has 0 spiro atoms. The smallest absolute Gasteiger partial charge is 0.323 e. The summed E-state index contributed by atoms with van der Waals surface area (Å²) in [7, 11) is 0. The van der Waals surface area contributed by atoms with Gasteiger partial charge in [-0.15, -0.1) is 12.4 Å². The summed E-state index contributed by atoms with van der Waals surface area (Å²) in [6.07, 6.45) is 0. The van der Waals surface area contributed by atoms with E-state index in [0.29, 0.717) is 6.61 Å². The van der Waals surface area contributed by atoms with Crippen molar-refractivity contribution in [3.63, 3.8) is 0 Å². The van der Waals surface area contributed by atoms with E-state index in [1.807, 2.05) is 51.1 Å². The van der Waals surface area contributed by atoms with Crippen LogP contribution in [0.3, 0.4) is 0 Å². The molecule has 0 bridgehead atoms. The Balaban J connectivity index is 0.00000289. The number of ether oxygens (including phenoxy) is 1. The maximum Gasteiger partial charge on any atom is 0.323 e. The quantitative estimate of drug-likeness (QED) is 0.809. The zero-order chi connectivity index (χ0) is 12.7. The average Bonchev–Trinajstić information content (AvgIpc) is 2.34. The molecule has 102 valence electrons. The van der Waals surface area contributed by atoms with E-state index in [2.05, 4.69) is 5.32 Å². The van der Waals surface area contributed by atoms with Crippen molar-refractivity contribution in [2.45, 2.75) is 33.4 Å². The van der Waals surface area contributed by atoms with Crippen LogP contribution in [0, 0.1) is 5.92 Å². The fourth-order valence-electron chi connectivity index (χ4n) is 1.63. The Morgan fingerprint density at radius 1 is 1.28 bits per heavy atom. The second-order valence-corrected chi connectivity index (χ2v) is 4.37. The Morgan fingerprint density at radius 2 is 1.89 bits per heavy atom. The number of benzene rings is 1. The van der Waals surface area contributed by atoms with Crippen molar-refractivity contribution in [1.29, 1.82) is 0 Å². The molecule has 1 atom stereocenters. The average molecular weight is 272 g/mol. The largest absolute Gasteiger partial charge is 0.460 e. The first kappa shape index (κ1) is 16.9. The van der Waals surface area contributed by atoms with Crippen molar-refractivity contribution in [3.8, 4) is 0 Å². The van der Waals surface area contributed by atoms with Gasteiger partial charge in [-0.25, -0.2) is 0 Å². The summed E-state index contributed by atoms with van der Waals surface area (Å²) in [4.78, 5) is 11.9. The van der Waals surface area contributed by atoms with Crippen molar-refractivity contribution < 1.29 is 9.53 Å². The van der Waals surface area contributed by atoms with Gasteiger partial charge in [0.1, 0.15) is 12.6 Å². The molecule has 0 unspecified atom stereocenters. The Morgan fingerprint density at radius 3 is 2.39 bits per heavy atom. The van der Waals surface area contributed by atoms with Crippen LogP contribution in [0.5, 0.6) is 0 Å². The lowest BCUT2D eigenvalue weighted by molar-refractivity contribution is -0.148. The molecule has 0 aliphatic carbocycles. The standard InChI is InChI=1S/C14H21NO2.ClH/c1-4-15-13(11(2)3)14(16)17-10-12-8-6-5-7-9-12;/h5-9,11,13,15H,4,10H2,1-3H3;1H/t13-;/m0./s1. The van der Waals surface area contributed by atoms with Crippen LogP contribution < -0.4 is 5.32 Å². The summed E-state index contributed by atoms with van der Waals surface area (Å²) in [5.74, 6) is 0.0592. The molecule has 0 radical (unpaired) electrons. The van der Waals surface area contributed by atoms with Crippen LogP contribution in [0.25, 0.3) is 0 Å². The van der Waals surface area contributed by atoms with Crippen LogP contribution >= 0.6 is 12.4 Å². The number of carbonyl (C=O) groups is 1. The van der Waals surface area contributed by atoms with Crippen LogP contribution in [0.1, 0.15) is 26.3 Å². The molecular formula is C14H22ClNO2. The summed E-state index contributed by atoms with van der Waals surface area (Å²) < 4.78 is 5.30. The first-order valence-corrected chi connectivity index (χ1v) is 6.09. The number of halogens is 1. The summed E-state index contributed by atoms with van der Waals surface area (Å²) in [6, 6.07) is 9.50. The van der Waals surface area contributed by atoms with E-state index in [1.165, 1.54) is 0 Å². The molecule has 0 amide bonds. The first-order chi connectivity index (χ1) is 8.15. The zero-order valence-electron chi connectivity index (χ0n) is 11.2. The van der Waals surface area contributed by atoms with Gasteiger partial charge < -0.3 is 10.1 Å². The van der Waals surface area contributed by atoms with E-state index in [4.69, 9.17) is 4.74 Å². The topological polar surface area (TPSA) is 38.3 Å². The van der Waals surface area contributed by atoms with Crippen LogP contribution in [0.15, 0.2) is 30.3 Å². The Bertz CT molecular complexity index is 341. The van der Waals surface area contributed by atoms with Gasteiger partial charge in [0.2, 0.25) is 0 Å². The molecule has 1 aromatic carbocycles. The maximum absolute atomic E-state index is 11.9. The molecule has 0 heterocycles. The highest BCUT2D eigenvalue weighted by atomic mass is 35.5. The number of rotatable bonds is 6. The molecule has 3 nitrogen and oxygen atoms in total. The van der Waals surface area contributed by atoms with E-state index in [-0.39, 0.29) is 30.3 Å².